The fourth-order valence-corrected chi connectivity index (χ4v) is 2.54. The van der Waals surface area contributed by atoms with Crippen LogP contribution in [0.15, 0.2) is 17.1 Å². The van der Waals surface area contributed by atoms with E-state index in [4.69, 9.17) is 4.99 Å². The molecule has 14 heavy (non-hydrogen) atoms. The van der Waals surface area contributed by atoms with E-state index >= 15 is 0 Å². The zero-order valence-electron chi connectivity index (χ0n) is 9.21. The van der Waals surface area contributed by atoms with Gasteiger partial charge in [0.2, 0.25) is 0 Å². The van der Waals surface area contributed by atoms with E-state index in [9.17, 15) is 0 Å². The van der Waals surface area contributed by atoms with Gasteiger partial charge in [-0.25, -0.2) is 0 Å². The molecule has 0 amide bonds. The minimum atomic E-state index is 0.728. The molecule has 2 bridgehead atoms. The summed E-state index contributed by atoms with van der Waals surface area (Å²) in [5, 5.41) is 0. The van der Waals surface area contributed by atoms with Crippen LogP contribution < -0.4 is 0 Å². The predicted molar refractivity (Wildman–Crippen MR) is 61.8 cm³/mol. The Morgan fingerprint density at radius 3 is 2.86 bits per heavy atom. The Balaban J connectivity index is 1.69. The smallest absolute Gasteiger partial charge is 0.0388 e. The molecular weight excluding hydrogens is 170 g/mol. The highest BCUT2D eigenvalue weighted by Gasteiger charge is 2.31. The van der Waals surface area contributed by atoms with Crippen molar-refractivity contribution in [2.45, 2.75) is 45.4 Å². The third-order valence-electron chi connectivity index (χ3n) is 3.40. The van der Waals surface area contributed by atoms with Crippen LogP contribution in [0.3, 0.4) is 0 Å². The molecule has 78 valence electrons. The number of hydrogen-bond acceptors (Lipinski definition) is 1. The third kappa shape index (κ3) is 2.26. The highest BCUT2D eigenvalue weighted by Crippen LogP contribution is 2.36. The first-order valence-electron chi connectivity index (χ1n) is 6.11. The summed E-state index contributed by atoms with van der Waals surface area (Å²) in [5.41, 5.74) is 1.49. The van der Waals surface area contributed by atoms with Crippen LogP contribution in [-0.4, -0.2) is 12.3 Å². The minimum Gasteiger partial charge on any atom is -0.293 e. The standard InChI is InChI=1S/C13H21N/c1-2-3-4-5-8-14-13-10-11-6-7-12(13)9-11/h6-7,11-12H,2-5,8-10H2,1H3. The highest BCUT2D eigenvalue weighted by atomic mass is 14.8. The fraction of sp³-hybridized carbons (Fsp3) is 0.769. The lowest BCUT2D eigenvalue weighted by molar-refractivity contribution is 0.673. The summed E-state index contributed by atoms with van der Waals surface area (Å²) in [6.45, 7) is 3.33. The van der Waals surface area contributed by atoms with E-state index in [0.29, 0.717) is 0 Å². The summed E-state index contributed by atoms with van der Waals surface area (Å²) in [4.78, 5) is 4.74. The first-order chi connectivity index (χ1) is 6.90. The average molecular weight is 191 g/mol. The molecule has 2 aliphatic carbocycles. The van der Waals surface area contributed by atoms with Crippen molar-refractivity contribution in [2.24, 2.45) is 16.8 Å². The Kier molecular flexibility index (Phi) is 3.39. The lowest BCUT2D eigenvalue weighted by Gasteiger charge is -2.06. The van der Waals surface area contributed by atoms with Crippen LogP contribution in [0.2, 0.25) is 0 Å². The van der Waals surface area contributed by atoms with Crippen molar-refractivity contribution < 1.29 is 0 Å². The molecule has 2 atom stereocenters. The van der Waals surface area contributed by atoms with E-state index in [1.165, 1.54) is 44.2 Å². The summed E-state index contributed by atoms with van der Waals surface area (Å²) in [5.74, 6) is 1.57. The highest BCUT2D eigenvalue weighted by molar-refractivity contribution is 5.91. The maximum Gasteiger partial charge on any atom is 0.0388 e. The molecule has 1 nitrogen and oxygen atoms in total. The van der Waals surface area contributed by atoms with Gasteiger partial charge < -0.3 is 0 Å². The number of aliphatic imine (C=N–C) groups is 1. The van der Waals surface area contributed by atoms with Crippen molar-refractivity contribution in [3.63, 3.8) is 0 Å². The molecule has 2 unspecified atom stereocenters. The number of allylic oxidation sites excluding steroid dienone is 2. The van der Waals surface area contributed by atoms with Gasteiger partial charge in [-0.2, -0.15) is 0 Å². The molecule has 1 saturated carbocycles. The van der Waals surface area contributed by atoms with Gasteiger partial charge in [0.25, 0.3) is 0 Å². The van der Waals surface area contributed by atoms with E-state index in [2.05, 4.69) is 19.1 Å². The van der Waals surface area contributed by atoms with Gasteiger partial charge in [-0.1, -0.05) is 38.3 Å². The molecule has 1 heteroatoms. The van der Waals surface area contributed by atoms with Gasteiger partial charge in [0.1, 0.15) is 0 Å². The number of rotatable bonds is 5. The van der Waals surface area contributed by atoms with E-state index in [1.807, 2.05) is 0 Å². The van der Waals surface area contributed by atoms with Crippen LogP contribution in [0.25, 0.3) is 0 Å². The van der Waals surface area contributed by atoms with Gasteiger partial charge >= 0.3 is 0 Å². The van der Waals surface area contributed by atoms with Crippen LogP contribution >= 0.6 is 0 Å². The lowest BCUT2D eigenvalue weighted by atomic mass is 10.1. The van der Waals surface area contributed by atoms with Gasteiger partial charge in [-0.3, -0.25) is 4.99 Å². The van der Waals surface area contributed by atoms with Crippen LogP contribution in [-0.2, 0) is 0 Å². The maximum absolute atomic E-state index is 4.74. The second-order valence-corrected chi connectivity index (χ2v) is 4.63. The molecule has 2 aliphatic rings. The lowest BCUT2D eigenvalue weighted by Crippen LogP contribution is -2.06. The maximum atomic E-state index is 4.74. The summed E-state index contributed by atoms with van der Waals surface area (Å²) < 4.78 is 0. The van der Waals surface area contributed by atoms with Crippen molar-refractivity contribution in [3.05, 3.63) is 12.2 Å². The number of nitrogens with zero attached hydrogens (tertiary/aromatic N) is 1. The van der Waals surface area contributed by atoms with Crippen LogP contribution in [0.5, 0.6) is 0 Å². The first-order valence-corrected chi connectivity index (χ1v) is 6.11. The number of unbranched alkanes of at least 4 members (excludes halogenated alkanes) is 3. The Labute approximate surface area is 87.3 Å². The topological polar surface area (TPSA) is 12.4 Å². The molecule has 0 aromatic heterocycles. The molecule has 2 rings (SSSR count). The van der Waals surface area contributed by atoms with Crippen LogP contribution in [0.1, 0.15) is 45.4 Å². The molecule has 0 spiro atoms. The molecule has 0 radical (unpaired) electrons. The first kappa shape index (κ1) is 9.95. The second kappa shape index (κ2) is 4.77. The Hall–Kier alpha value is -0.590. The fourth-order valence-electron chi connectivity index (χ4n) is 2.54. The van der Waals surface area contributed by atoms with Gasteiger partial charge in [-0.15, -0.1) is 0 Å². The van der Waals surface area contributed by atoms with Gasteiger partial charge in [-0.05, 0) is 25.2 Å². The van der Waals surface area contributed by atoms with Gasteiger partial charge in [0, 0.05) is 18.2 Å². The van der Waals surface area contributed by atoms with Crippen molar-refractivity contribution in [1.82, 2.24) is 0 Å². The summed E-state index contributed by atoms with van der Waals surface area (Å²) in [6, 6.07) is 0. The van der Waals surface area contributed by atoms with Gasteiger partial charge in [0.05, 0.1) is 0 Å². The van der Waals surface area contributed by atoms with Crippen molar-refractivity contribution >= 4 is 5.71 Å². The van der Waals surface area contributed by atoms with Gasteiger partial charge in [0.15, 0.2) is 0 Å². The molecular formula is C13H21N. The molecule has 0 saturated heterocycles. The van der Waals surface area contributed by atoms with Crippen molar-refractivity contribution in [1.29, 1.82) is 0 Å². The second-order valence-electron chi connectivity index (χ2n) is 4.63. The Morgan fingerprint density at radius 2 is 2.21 bits per heavy atom. The molecule has 1 fully saturated rings. The Bertz CT molecular complexity index is 240. The van der Waals surface area contributed by atoms with Crippen LogP contribution in [0.4, 0.5) is 0 Å². The normalized spacial score (nSPS) is 31.9. The zero-order chi connectivity index (χ0) is 9.80. The average Bonchev–Trinajstić information content (AvgIpc) is 2.79. The number of fused-ring (bicyclic) bond motifs is 2. The minimum absolute atomic E-state index is 0.728. The summed E-state index contributed by atoms with van der Waals surface area (Å²) in [7, 11) is 0. The monoisotopic (exact) mass is 191 g/mol. The molecule has 0 N–H and O–H groups in total. The molecule has 0 heterocycles. The predicted octanol–water partition coefficient (Wildman–Crippen LogP) is 3.60. The SMILES string of the molecule is CCCCCCN=C1CC2C=CC1C2. The third-order valence-corrected chi connectivity index (χ3v) is 3.40. The molecule has 0 aromatic rings. The zero-order valence-corrected chi connectivity index (χ0v) is 9.21. The van der Waals surface area contributed by atoms with E-state index < -0.39 is 0 Å². The quantitative estimate of drug-likeness (QED) is 0.465. The largest absolute Gasteiger partial charge is 0.293 e. The van der Waals surface area contributed by atoms with Crippen molar-refractivity contribution in [2.75, 3.05) is 6.54 Å². The molecule has 0 aliphatic heterocycles. The summed E-state index contributed by atoms with van der Waals surface area (Å²) in [6.07, 6.45) is 12.7. The summed E-state index contributed by atoms with van der Waals surface area (Å²) >= 11 is 0. The van der Waals surface area contributed by atoms with E-state index in [0.717, 1.165) is 18.4 Å². The Morgan fingerprint density at radius 1 is 1.29 bits per heavy atom. The van der Waals surface area contributed by atoms with Crippen molar-refractivity contribution in [3.8, 4) is 0 Å². The van der Waals surface area contributed by atoms with E-state index in [-0.39, 0.29) is 0 Å². The number of hydrogen-bond donors (Lipinski definition) is 0. The molecule has 0 aromatic carbocycles. The van der Waals surface area contributed by atoms with E-state index in [1.54, 1.807) is 0 Å². The van der Waals surface area contributed by atoms with Crippen LogP contribution in [0, 0.1) is 11.8 Å².